The quantitative estimate of drug-likeness (QED) is 0.742. The van der Waals surface area contributed by atoms with Crippen molar-refractivity contribution in [2.24, 2.45) is 5.92 Å². The predicted molar refractivity (Wildman–Crippen MR) is 89.0 cm³/mol. The van der Waals surface area contributed by atoms with Crippen LogP contribution in [0, 0.1) is 12.8 Å². The molecular formula is C18H24O5. The molecular weight excluding hydrogens is 296 g/mol. The highest BCUT2D eigenvalue weighted by Crippen LogP contribution is 2.31. The van der Waals surface area contributed by atoms with Crippen molar-refractivity contribution in [3.05, 3.63) is 28.8 Å². The van der Waals surface area contributed by atoms with Gasteiger partial charge < -0.3 is 14.6 Å². The fourth-order valence-corrected chi connectivity index (χ4v) is 2.26. The van der Waals surface area contributed by atoms with Gasteiger partial charge in [0.2, 0.25) is 0 Å². The second-order valence-corrected chi connectivity index (χ2v) is 5.46. The van der Waals surface area contributed by atoms with Gasteiger partial charge in [-0.25, -0.2) is 0 Å². The lowest BCUT2D eigenvalue weighted by atomic mass is 9.95. The third-order valence-corrected chi connectivity index (χ3v) is 3.86. The fraction of sp³-hybridized carbons (Fsp3) is 0.444. The lowest BCUT2D eigenvalue weighted by Crippen LogP contribution is -2.17. The summed E-state index contributed by atoms with van der Waals surface area (Å²) in [6.45, 7) is 5.38. The number of aryl methyl sites for hydroxylation is 1. The first kappa shape index (κ1) is 18.7. The van der Waals surface area contributed by atoms with E-state index in [1.165, 1.54) is 0 Å². The van der Waals surface area contributed by atoms with Crippen molar-refractivity contribution < 1.29 is 24.2 Å². The fourth-order valence-electron chi connectivity index (χ4n) is 2.26. The monoisotopic (exact) mass is 320 g/mol. The molecule has 0 amide bonds. The van der Waals surface area contributed by atoms with Crippen molar-refractivity contribution in [2.45, 2.75) is 33.6 Å². The van der Waals surface area contributed by atoms with Gasteiger partial charge in [-0.3, -0.25) is 9.59 Å². The molecule has 0 unspecified atom stereocenters. The Hall–Kier alpha value is -2.30. The lowest BCUT2D eigenvalue weighted by molar-refractivity contribution is -0.143. The molecule has 1 atom stereocenters. The summed E-state index contributed by atoms with van der Waals surface area (Å²) in [6, 6.07) is 3.65. The van der Waals surface area contributed by atoms with Crippen molar-refractivity contribution in [3.8, 4) is 11.5 Å². The topological polar surface area (TPSA) is 72.8 Å². The first-order valence-electron chi connectivity index (χ1n) is 7.50. The van der Waals surface area contributed by atoms with E-state index in [1.807, 2.05) is 13.0 Å². The van der Waals surface area contributed by atoms with Gasteiger partial charge in [0.25, 0.3) is 0 Å². The summed E-state index contributed by atoms with van der Waals surface area (Å²) in [5.74, 6) is -0.522. The number of aliphatic carboxylic acids is 1. The zero-order valence-corrected chi connectivity index (χ0v) is 14.3. The first-order chi connectivity index (χ1) is 10.8. The molecule has 23 heavy (non-hydrogen) atoms. The smallest absolute Gasteiger partial charge is 0.306 e. The van der Waals surface area contributed by atoms with Crippen molar-refractivity contribution in [1.82, 2.24) is 0 Å². The molecule has 0 aliphatic rings. The van der Waals surface area contributed by atoms with Crippen molar-refractivity contribution in [1.29, 1.82) is 0 Å². The lowest BCUT2D eigenvalue weighted by Gasteiger charge is -2.12. The van der Waals surface area contributed by atoms with Gasteiger partial charge in [-0.1, -0.05) is 6.92 Å². The maximum atomic E-state index is 12.2. The van der Waals surface area contributed by atoms with Crippen LogP contribution in [0.3, 0.4) is 0 Å². The number of ether oxygens (including phenoxy) is 2. The zero-order valence-electron chi connectivity index (χ0n) is 14.3. The number of carboxylic acid groups (broad SMARTS) is 1. The van der Waals surface area contributed by atoms with E-state index >= 15 is 0 Å². The zero-order chi connectivity index (χ0) is 17.6. The SMILES string of the molecule is CC[C@@H](CC(=O)/C(C)=C/c1cc(OC)c(OC)cc1C)C(=O)O. The molecule has 1 N–H and O–H groups in total. The maximum absolute atomic E-state index is 12.2. The van der Waals surface area contributed by atoms with E-state index in [9.17, 15) is 9.59 Å². The van der Waals surface area contributed by atoms with Crippen LogP contribution in [0.2, 0.25) is 0 Å². The van der Waals surface area contributed by atoms with Crippen LogP contribution in [0.25, 0.3) is 6.08 Å². The Morgan fingerprint density at radius 3 is 2.26 bits per heavy atom. The Bertz CT molecular complexity index is 616. The van der Waals surface area contributed by atoms with Gasteiger partial charge in [-0.2, -0.15) is 0 Å². The highest BCUT2D eigenvalue weighted by molar-refractivity contribution is 6.00. The normalized spacial score (nSPS) is 12.7. The van der Waals surface area contributed by atoms with E-state index < -0.39 is 11.9 Å². The van der Waals surface area contributed by atoms with Gasteiger partial charge in [0, 0.05) is 6.42 Å². The molecule has 1 aromatic carbocycles. The molecule has 0 aliphatic heterocycles. The molecule has 5 heteroatoms. The summed E-state index contributed by atoms with van der Waals surface area (Å²) in [5, 5.41) is 9.06. The molecule has 1 rings (SSSR count). The summed E-state index contributed by atoms with van der Waals surface area (Å²) in [6.07, 6.45) is 2.21. The molecule has 0 saturated heterocycles. The molecule has 0 heterocycles. The number of hydrogen-bond donors (Lipinski definition) is 1. The number of methoxy groups -OCH3 is 2. The molecule has 1 aromatic rings. The van der Waals surface area contributed by atoms with E-state index in [0.717, 1.165) is 11.1 Å². The molecule has 5 nitrogen and oxygen atoms in total. The van der Waals surface area contributed by atoms with Crippen LogP contribution in [-0.4, -0.2) is 31.1 Å². The van der Waals surface area contributed by atoms with Crippen LogP contribution in [0.15, 0.2) is 17.7 Å². The Morgan fingerprint density at radius 1 is 1.22 bits per heavy atom. The van der Waals surface area contributed by atoms with Gasteiger partial charge in [-0.05, 0) is 55.2 Å². The highest BCUT2D eigenvalue weighted by Gasteiger charge is 2.20. The minimum absolute atomic E-state index is 0.0144. The molecule has 0 bridgehead atoms. The van der Waals surface area contributed by atoms with Gasteiger partial charge >= 0.3 is 5.97 Å². The largest absolute Gasteiger partial charge is 0.493 e. The first-order valence-corrected chi connectivity index (χ1v) is 7.50. The third-order valence-electron chi connectivity index (χ3n) is 3.86. The number of ketones is 1. The summed E-state index contributed by atoms with van der Waals surface area (Å²) in [4.78, 5) is 23.3. The number of carbonyl (C=O) groups excluding carboxylic acids is 1. The average molecular weight is 320 g/mol. The summed E-state index contributed by atoms with van der Waals surface area (Å²) in [5.41, 5.74) is 2.32. The van der Waals surface area contributed by atoms with E-state index in [0.29, 0.717) is 23.5 Å². The number of hydrogen-bond acceptors (Lipinski definition) is 4. The summed E-state index contributed by atoms with van der Waals surface area (Å²) in [7, 11) is 3.12. The summed E-state index contributed by atoms with van der Waals surface area (Å²) < 4.78 is 10.5. The molecule has 0 aliphatic carbocycles. The minimum atomic E-state index is -0.934. The van der Waals surface area contributed by atoms with Crippen molar-refractivity contribution >= 4 is 17.8 Å². The Balaban J connectivity index is 3.05. The van der Waals surface area contributed by atoms with Crippen molar-refractivity contribution in [3.63, 3.8) is 0 Å². The number of benzene rings is 1. The van der Waals surface area contributed by atoms with Gasteiger partial charge in [0.05, 0.1) is 20.1 Å². The molecule has 0 saturated carbocycles. The van der Waals surface area contributed by atoms with Crippen molar-refractivity contribution in [2.75, 3.05) is 14.2 Å². The molecule has 0 fully saturated rings. The third kappa shape index (κ3) is 4.84. The van der Waals surface area contributed by atoms with Crippen LogP contribution in [0.5, 0.6) is 11.5 Å². The molecule has 0 spiro atoms. The number of carbonyl (C=O) groups is 2. The predicted octanol–water partition coefficient (Wildman–Crippen LogP) is 3.49. The molecule has 0 aromatic heterocycles. The second-order valence-electron chi connectivity index (χ2n) is 5.46. The Morgan fingerprint density at radius 2 is 1.78 bits per heavy atom. The van der Waals surface area contributed by atoms with E-state index in [-0.39, 0.29) is 12.2 Å². The van der Waals surface area contributed by atoms with Crippen LogP contribution in [0.1, 0.15) is 37.8 Å². The van der Waals surface area contributed by atoms with E-state index in [4.69, 9.17) is 14.6 Å². The van der Waals surface area contributed by atoms with Gasteiger partial charge in [-0.15, -0.1) is 0 Å². The number of Topliss-reactive ketones (excluding diaryl/α,β-unsaturated/α-hetero) is 1. The minimum Gasteiger partial charge on any atom is -0.493 e. The number of allylic oxidation sites excluding steroid dienone is 1. The van der Waals surface area contributed by atoms with Gasteiger partial charge in [0.1, 0.15) is 0 Å². The number of rotatable bonds is 8. The summed E-state index contributed by atoms with van der Waals surface area (Å²) >= 11 is 0. The van der Waals surface area contributed by atoms with Crippen LogP contribution >= 0.6 is 0 Å². The Labute approximate surface area is 136 Å². The highest BCUT2D eigenvalue weighted by atomic mass is 16.5. The second kappa shape index (κ2) is 8.36. The number of carboxylic acids is 1. The molecule has 0 radical (unpaired) electrons. The van der Waals surface area contributed by atoms with Crippen LogP contribution < -0.4 is 9.47 Å². The van der Waals surface area contributed by atoms with Crippen LogP contribution in [-0.2, 0) is 9.59 Å². The average Bonchev–Trinajstić information content (AvgIpc) is 2.53. The van der Waals surface area contributed by atoms with Crippen LogP contribution in [0.4, 0.5) is 0 Å². The standard InChI is InChI=1S/C18H24O5/c1-6-13(18(20)21)9-15(19)12(3)7-14-10-17(23-5)16(22-4)8-11(14)2/h7-8,10,13H,6,9H2,1-5H3,(H,20,21)/b12-7+/t13-/m0/s1. The maximum Gasteiger partial charge on any atom is 0.306 e. The Kier molecular flexibility index (Phi) is 6.82. The van der Waals surface area contributed by atoms with E-state index in [1.54, 1.807) is 40.2 Å². The molecule has 126 valence electrons. The van der Waals surface area contributed by atoms with E-state index in [2.05, 4.69) is 0 Å². The van der Waals surface area contributed by atoms with Gasteiger partial charge in [0.15, 0.2) is 17.3 Å².